The van der Waals surface area contributed by atoms with Crippen LogP contribution in [0.15, 0.2) is 0 Å². The summed E-state index contributed by atoms with van der Waals surface area (Å²) in [7, 11) is 0. The van der Waals surface area contributed by atoms with Crippen molar-refractivity contribution in [2.75, 3.05) is 0 Å². The Balaban J connectivity index is 2.58. The third-order valence-electron chi connectivity index (χ3n) is 3.63. The molecule has 14 heavy (non-hydrogen) atoms. The molecule has 0 aromatic heterocycles. The van der Waals surface area contributed by atoms with Crippen LogP contribution in [0.25, 0.3) is 0 Å². The largest absolute Gasteiger partial charge is 0.344 e. The number of nitrogens with one attached hydrogen (secondary N) is 2. The summed E-state index contributed by atoms with van der Waals surface area (Å²) in [6.07, 6.45) is 0. The van der Waals surface area contributed by atoms with Crippen LogP contribution in [0.3, 0.4) is 0 Å². The molecule has 1 rings (SSSR count). The van der Waals surface area contributed by atoms with Gasteiger partial charge in [-0.1, -0.05) is 27.7 Å². The van der Waals surface area contributed by atoms with Crippen LogP contribution in [0.5, 0.6) is 0 Å². The van der Waals surface area contributed by atoms with Gasteiger partial charge in [0.05, 0.1) is 0 Å². The summed E-state index contributed by atoms with van der Waals surface area (Å²) in [4.78, 5) is 22.0. The number of hydrazine groups is 1. The summed E-state index contributed by atoms with van der Waals surface area (Å²) in [5.74, 6) is 3.37. The van der Waals surface area contributed by atoms with Gasteiger partial charge in [-0.05, 0) is 10.8 Å². The molecule has 5 nitrogen and oxygen atoms in total. The maximum absolute atomic E-state index is 11.2. The first-order valence-electron chi connectivity index (χ1n) is 4.56. The molecule has 5 heteroatoms. The molecule has 0 aliphatic heterocycles. The third kappa shape index (κ3) is 1.37. The number of carbonyl (C=O) groups is 2. The van der Waals surface area contributed by atoms with E-state index in [-0.39, 0.29) is 16.9 Å². The van der Waals surface area contributed by atoms with Gasteiger partial charge < -0.3 is 5.32 Å². The maximum atomic E-state index is 11.2. The minimum atomic E-state index is -0.802. The van der Waals surface area contributed by atoms with Crippen molar-refractivity contribution in [2.45, 2.75) is 33.7 Å². The van der Waals surface area contributed by atoms with Crippen molar-refractivity contribution in [1.29, 1.82) is 0 Å². The molecule has 0 unspecified atom stereocenters. The Hall–Kier alpha value is -1.10. The zero-order valence-corrected chi connectivity index (χ0v) is 8.97. The summed E-state index contributed by atoms with van der Waals surface area (Å²) in [5, 5.41) is 2.65. The van der Waals surface area contributed by atoms with Crippen LogP contribution in [0.4, 0.5) is 0 Å². The van der Waals surface area contributed by atoms with E-state index in [0.717, 1.165) is 0 Å². The predicted octanol–water partition coefficient (Wildman–Crippen LogP) is -0.473. The molecular weight excluding hydrogens is 182 g/mol. The lowest BCUT2D eigenvalue weighted by molar-refractivity contribution is -0.139. The number of hydrogen-bond donors (Lipinski definition) is 3. The van der Waals surface area contributed by atoms with Gasteiger partial charge in [-0.25, -0.2) is 5.84 Å². The number of carbonyl (C=O) groups excluding carboxylic acids is 2. The fourth-order valence-electron chi connectivity index (χ4n) is 1.82. The van der Waals surface area contributed by atoms with Gasteiger partial charge in [-0.2, -0.15) is 0 Å². The summed E-state index contributed by atoms with van der Waals surface area (Å²) >= 11 is 0. The molecule has 1 aliphatic rings. The van der Waals surface area contributed by atoms with E-state index in [4.69, 9.17) is 5.84 Å². The van der Waals surface area contributed by atoms with Crippen LogP contribution >= 0.6 is 0 Å². The first kappa shape index (κ1) is 11.0. The lowest BCUT2D eigenvalue weighted by Crippen LogP contribution is -2.45. The van der Waals surface area contributed by atoms with Crippen molar-refractivity contribution in [3.05, 3.63) is 0 Å². The molecule has 4 N–H and O–H groups in total. The summed E-state index contributed by atoms with van der Waals surface area (Å²) < 4.78 is 0. The molecule has 0 heterocycles. The molecule has 0 aromatic rings. The van der Waals surface area contributed by atoms with Crippen LogP contribution in [-0.4, -0.2) is 17.9 Å². The second kappa shape index (κ2) is 2.95. The summed E-state index contributed by atoms with van der Waals surface area (Å²) in [5.41, 5.74) is 1.85. The predicted molar refractivity (Wildman–Crippen MR) is 51.8 cm³/mol. The average molecular weight is 199 g/mol. The Bertz CT molecular complexity index is 270. The van der Waals surface area contributed by atoms with Gasteiger partial charge in [0, 0.05) is 6.04 Å². The summed E-state index contributed by atoms with van der Waals surface area (Å²) in [6, 6.07) is 0.0276. The zero-order valence-electron chi connectivity index (χ0n) is 8.97. The van der Waals surface area contributed by atoms with E-state index in [1.54, 1.807) is 5.43 Å². The molecule has 1 fully saturated rings. The fourth-order valence-corrected chi connectivity index (χ4v) is 1.82. The monoisotopic (exact) mass is 199 g/mol. The fraction of sp³-hybridized carbons (Fsp3) is 0.778. The maximum Gasteiger partial charge on any atom is 0.323 e. The van der Waals surface area contributed by atoms with E-state index < -0.39 is 11.8 Å². The number of nitrogens with two attached hydrogens (primary N) is 1. The molecule has 80 valence electrons. The standard InChI is InChI=1S/C9H17N3O2/c1-8(2)7(9(8,3)4)11-5(13)6(14)12-10/h7H,10H2,1-4H3,(H,11,13)(H,12,14). The molecule has 1 aliphatic carbocycles. The molecule has 2 amide bonds. The number of amides is 2. The topological polar surface area (TPSA) is 84.2 Å². The summed E-state index contributed by atoms with van der Waals surface area (Å²) in [6.45, 7) is 8.22. The Morgan fingerprint density at radius 1 is 1.07 bits per heavy atom. The Morgan fingerprint density at radius 3 is 1.79 bits per heavy atom. The molecule has 0 atom stereocenters. The lowest BCUT2D eigenvalue weighted by Gasteiger charge is -2.04. The molecular formula is C9H17N3O2. The van der Waals surface area contributed by atoms with Crippen LogP contribution in [0.2, 0.25) is 0 Å². The molecule has 0 saturated heterocycles. The minimum Gasteiger partial charge on any atom is -0.344 e. The highest BCUT2D eigenvalue weighted by Crippen LogP contribution is 2.62. The second-order valence-electron chi connectivity index (χ2n) is 4.82. The molecule has 0 radical (unpaired) electrons. The van der Waals surface area contributed by atoms with Crippen molar-refractivity contribution in [3.63, 3.8) is 0 Å². The highest BCUT2D eigenvalue weighted by molar-refractivity contribution is 6.35. The van der Waals surface area contributed by atoms with Crippen molar-refractivity contribution in [1.82, 2.24) is 10.7 Å². The third-order valence-corrected chi connectivity index (χ3v) is 3.63. The Labute approximate surface area is 83.4 Å². The average Bonchev–Trinajstić information content (AvgIpc) is 2.46. The van der Waals surface area contributed by atoms with Crippen molar-refractivity contribution in [3.8, 4) is 0 Å². The number of hydrogen-bond acceptors (Lipinski definition) is 3. The van der Waals surface area contributed by atoms with Gasteiger partial charge in [0.1, 0.15) is 0 Å². The highest BCUT2D eigenvalue weighted by atomic mass is 16.2. The molecule has 0 spiro atoms. The Kier molecular flexibility index (Phi) is 2.31. The minimum absolute atomic E-state index is 0.0253. The quantitative estimate of drug-likeness (QED) is 0.231. The normalized spacial score (nSPS) is 22.6. The van der Waals surface area contributed by atoms with Crippen molar-refractivity contribution in [2.24, 2.45) is 16.7 Å². The molecule has 1 saturated carbocycles. The van der Waals surface area contributed by atoms with E-state index in [1.165, 1.54) is 0 Å². The van der Waals surface area contributed by atoms with E-state index in [1.807, 2.05) is 0 Å². The molecule has 0 bridgehead atoms. The lowest BCUT2D eigenvalue weighted by atomic mass is 10.0. The van der Waals surface area contributed by atoms with Gasteiger partial charge >= 0.3 is 11.8 Å². The van der Waals surface area contributed by atoms with Gasteiger partial charge in [0.2, 0.25) is 0 Å². The van der Waals surface area contributed by atoms with Crippen molar-refractivity contribution >= 4 is 11.8 Å². The van der Waals surface area contributed by atoms with Crippen LogP contribution in [-0.2, 0) is 9.59 Å². The zero-order chi connectivity index (χ0) is 11.1. The van der Waals surface area contributed by atoms with E-state index >= 15 is 0 Å². The highest BCUT2D eigenvalue weighted by Gasteiger charge is 2.65. The molecule has 0 aromatic carbocycles. The first-order valence-corrected chi connectivity index (χ1v) is 4.56. The van der Waals surface area contributed by atoms with Crippen molar-refractivity contribution < 1.29 is 9.59 Å². The second-order valence-corrected chi connectivity index (χ2v) is 4.82. The number of rotatable bonds is 1. The Morgan fingerprint density at radius 2 is 1.50 bits per heavy atom. The first-order chi connectivity index (χ1) is 6.25. The van der Waals surface area contributed by atoms with E-state index in [2.05, 4.69) is 33.0 Å². The van der Waals surface area contributed by atoms with Gasteiger partial charge in [0.15, 0.2) is 0 Å². The SMILES string of the molecule is CC1(C)C(NC(=O)C(=O)NN)C1(C)C. The van der Waals surface area contributed by atoms with Crippen LogP contribution in [0, 0.1) is 10.8 Å². The van der Waals surface area contributed by atoms with Gasteiger partial charge in [-0.15, -0.1) is 0 Å². The van der Waals surface area contributed by atoms with Crippen LogP contribution < -0.4 is 16.6 Å². The van der Waals surface area contributed by atoms with Crippen LogP contribution in [0.1, 0.15) is 27.7 Å². The van der Waals surface area contributed by atoms with Gasteiger partial charge in [-0.3, -0.25) is 15.0 Å². The van der Waals surface area contributed by atoms with E-state index in [9.17, 15) is 9.59 Å². The smallest absolute Gasteiger partial charge is 0.323 e. The van der Waals surface area contributed by atoms with E-state index in [0.29, 0.717) is 0 Å². The van der Waals surface area contributed by atoms with Gasteiger partial charge in [0.25, 0.3) is 0 Å².